The van der Waals surface area contributed by atoms with Crippen molar-refractivity contribution >= 4 is 11.6 Å². The van der Waals surface area contributed by atoms with E-state index in [0.29, 0.717) is 11.8 Å². The number of hydrogen-bond acceptors (Lipinski definition) is 3. The molecule has 1 aliphatic carbocycles. The van der Waals surface area contributed by atoms with E-state index < -0.39 is 0 Å². The van der Waals surface area contributed by atoms with Gasteiger partial charge in [-0.2, -0.15) is 0 Å². The molecule has 0 atom stereocenters. The van der Waals surface area contributed by atoms with Crippen LogP contribution in [0.15, 0.2) is 24.3 Å². The molecule has 1 aromatic carbocycles. The second-order valence-electron chi connectivity index (χ2n) is 6.19. The number of piperidine rings is 1. The average Bonchev–Trinajstić information content (AvgIpc) is 3.04. The van der Waals surface area contributed by atoms with Crippen LogP contribution in [0.1, 0.15) is 38.5 Å². The minimum atomic E-state index is 0.209. The lowest BCUT2D eigenvalue weighted by atomic mass is 10.0. The van der Waals surface area contributed by atoms with Crippen molar-refractivity contribution in [3.63, 3.8) is 0 Å². The zero-order chi connectivity index (χ0) is 14.7. The van der Waals surface area contributed by atoms with Crippen molar-refractivity contribution in [3.8, 4) is 5.75 Å². The Morgan fingerprint density at radius 1 is 1.05 bits per heavy atom. The summed E-state index contributed by atoms with van der Waals surface area (Å²) in [6, 6.07) is 7.53. The van der Waals surface area contributed by atoms with E-state index in [0.717, 1.165) is 50.2 Å². The molecule has 21 heavy (non-hydrogen) atoms. The van der Waals surface area contributed by atoms with Gasteiger partial charge in [-0.25, -0.2) is 0 Å². The fourth-order valence-electron chi connectivity index (χ4n) is 3.36. The van der Waals surface area contributed by atoms with Gasteiger partial charge in [-0.3, -0.25) is 4.79 Å². The molecular formula is C17H24N2O2. The molecule has 1 saturated heterocycles. The number of amides is 1. The van der Waals surface area contributed by atoms with Crippen LogP contribution in [0.25, 0.3) is 0 Å². The summed E-state index contributed by atoms with van der Waals surface area (Å²) in [4.78, 5) is 14.4. The van der Waals surface area contributed by atoms with Gasteiger partial charge in [-0.15, -0.1) is 0 Å². The molecular weight excluding hydrogens is 264 g/mol. The van der Waals surface area contributed by atoms with E-state index in [4.69, 9.17) is 10.5 Å². The third kappa shape index (κ3) is 3.49. The topological polar surface area (TPSA) is 55.6 Å². The van der Waals surface area contributed by atoms with E-state index in [1.54, 1.807) is 0 Å². The largest absolute Gasteiger partial charge is 0.490 e. The Kier molecular flexibility index (Phi) is 4.32. The molecule has 0 bridgehead atoms. The summed E-state index contributed by atoms with van der Waals surface area (Å²) in [5.74, 6) is 1.53. The zero-order valence-electron chi connectivity index (χ0n) is 12.5. The second kappa shape index (κ2) is 6.37. The lowest BCUT2D eigenvalue weighted by Gasteiger charge is -2.33. The van der Waals surface area contributed by atoms with Crippen molar-refractivity contribution in [1.82, 2.24) is 4.90 Å². The molecule has 0 unspecified atom stereocenters. The zero-order valence-corrected chi connectivity index (χ0v) is 12.5. The van der Waals surface area contributed by atoms with Gasteiger partial charge >= 0.3 is 0 Å². The van der Waals surface area contributed by atoms with E-state index in [1.807, 2.05) is 29.2 Å². The molecule has 3 rings (SSSR count). The second-order valence-corrected chi connectivity index (χ2v) is 6.19. The molecule has 4 nitrogen and oxygen atoms in total. The highest BCUT2D eigenvalue weighted by atomic mass is 16.5. The molecule has 0 radical (unpaired) electrons. The Hall–Kier alpha value is -1.71. The quantitative estimate of drug-likeness (QED) is 0.870. The Labute approximate surface area is 126 Å². The van der Waals surface area contributed by atoms with Crippen LogP contribution < -0.4 is 10.5 Å². The maximum Gasteiger partial charge on any atom is 0.225 e. The molecule has 2 N–H and O–H groups in total. The van der Waals surface area contributed by atoms with Crippen molar-refractivity contribution in [2.24, 2.45) is 5.92 Å². The number of nitrogen functional groups attached to an aromatic ring is 1. The molecule has 1 aliphatic heterocycles. The van der Waals surface area contributed by atoms with Crippen molar-refractivity contribution in [1.29, 1.82) is 0 Å². The predicted octanol–water partition coefficient (Wildman–Crippen LogP) is 2.83. The van der Waals surface area contributed by atoms with Gasteiger partial charge in [-0.1, -0.05) is 12.8 Å². The average molecular weight is 288 g/mol. The smallest absolute Gasteiger partial charge is 0.225 e. The number of likely N-dealkylation sites (tertiary alicyclic amines) is 1. The highest BCUT2D eigenvalue weighted by Crippen LogP contribution is 2.28. The number of hydrogen-bond donors (Lipinski definition) is 1. The van der Waals surface area contributed by atoms with Gasteiger partial charge < -0.3 is 15.4 Å². The molecule has 0 spiro atoms. The Balaban J connectivity index is 1.48. The molecule has 1 aromatic rings. The number of carbonyl (C=O) groups is 1. The summed E-state index contributed by atoms with van der Waals surface area (Å²) in [5.41, 5.74) is 6.42. The minimum Gasteiger partial charge on any atom is -0.490 e. The minimum absolute atomic E-state index is 0.209. The molecule has 1 amide bonds. The van der Waals surface area contributed by atoms with Crippen LogP contribution in [0.2, 0.25) is 0 Å². The first kappa shape index (κ1) is 14.2. The van der Waals surface area contributed by atoms with Crippen molar-refractivity contribution in [2.75, 3.05) is 18.8 Å². The Morgan fingerprint density at radius 2 is 1.67 bits per heavy atom. The normalized spacial score (nSPS) is 20.7. The fraction of sp³-hybridized carbons (Fsp3) is 0.588. The summed E-state index contributed by atoms with van der Waals surface area (Å²) in [6.45, 7) is 1.66. The van der Waals surface area contributed by atoms with Gasteiger partial charge in [0, 0.05) is 37.5 Å². The molecule has 4 heteroatoms. The number of nitrogens with two attached hydrogens (primary N) is 1. The molecule has 114 valence electrons. The third-order valence-electron chi connectivity index (χ3n) is 4.64. The highest BCUT2D eigenvalue weighted by Gasteiger charge is 2.30. The van der Waals surface area contributed by atoms with Crippen LogP contribution in [0.5, 0.6) is 5.75 Å². The maximum atomic E-state index is 12.4. The predicted molar refractivity (Wildman–Crippen MR) is 83.0 cm³/mol. The summed E-state index contributed by atoms with van der Waals surface area (Å²) in [5, 5.41) is 0. The van der Waals surface area contributed by atoms with E-state index in [9.17, 15) is 4.79 Å². The van der Waals surface area contributed by atoms with Crippen molar-refractivity contribution < 1.29 is 9.53 Å². The number of anilines is 1. The van der Waals surface area contributed by atoms with Crippen LogP contribution >= 0.6 is 0 Å². The van der Waals surface area contributed by atoms with Crippen LogP contribution in [0, 0.1) is 5.92 Å². The van der Waals surface area contributed by atoms with E-state index >= 15 is 0 Å². The van der Waals surface area contributed by atoms with Crippen LogP contribution in [-0.2, 0) is 4.79 Å². The summed E-state index contributed by atoms with van der Waals surface area (Å²) in [6.07, 6.45) is 6.65. The van der Waals surface area contributed by atoms with E-state index in [2.05, 4.69) is 0 Å². The number of ether oxygens (including phenoxy) is 1. The number of nitrogens with zero attached hydrogens (tertiary/aromatic N) is 1. The first-order chi connectivity index (χ1) is 10.2. The monoisotopic (exact) mass is 288 g/mol. The van der Waals surface area contributed by atoms with E-state index in [1.165, 1.54) is 12.8 Å². The van der Waals surface area contributed by atoms with Gasteiger partial charge in [0.25, 0.3) is 0 Å². The maximum absolute atomic E-state index is 12.4. The van der Waals surface area contributed by atoms with Gasteiger partial charge in [0.05, 0.1) is 0 Å². The van der Waals surface area contributed by atoms with Gasteiger partial charge in [0.2, 0.25) is 5.91 Å². The summed E-state index contributed by atoms with van der Waals surface area (Å²) >= 11 is 0. The number of carbonyl (C=O) groups excluding carboxylic acids is 1. The fourth-order valence-corrected chi connectivity index (χ4v) is 3.36. The number of rotatable bonds is 3. The van der Waals surface area contributed by atoms with Crippen LogP contribution in [0.3, 0.4) is 0 Å². The first-order valence-corrected chi connectivity index (χ1v) is 8.03. The Morgan fingerprint density at radius 3 is 2.29 bits per heavy atom. The third-order valence-corrected chi connectivity index (χ3v) is 4.64. The van der Waals surface area contributed by atoms with Gasteiger partial charge in [-0.05, 0) is 37.1 Å². The summed E-state index contributed by atoms with van der Waals surface area (Å²) < 4.78 is 5.97. The Bertz CT molecular complexity index is 472. The SMILES string of the molecule is Nc1ccc(OC2CCN(C(=O)C3CCCC3)CC2)cc1. The summed E-state index contributed by atoms with van der Waals surface area (Å²) in [7, 11) is 0. The lowest BCUT2D eigenvalue weighted by molar-refractivity contribution is -0.137. The lowest BCUT2D eigenvalue weighted by Crippen LogP contribution is -2.43. The molecule has 2 fully saturated rings. The molecule has 0 aromatic heterocycles. The van der Waals surface area contributed by atoms with Crippen molar-refractivity contribution in [2.45, 2.75) is 44.6 Å². The van der Waals surface area contributed by atoms with Crippen molar-refractivity contribution in [3.05, 3.63) is 24.3 Å². The van der Waals surface area contributed by atoms with Crippen LogP contribution in [0.4, 0.5) is 5.69 Å². The molecule has 1 saturated carbocycles. The van der Waals surface area contributed by atoms with Gasteiger partial charge in [0.15, 0.2) is 0 Å². The number of benzene rings is 1. The van der Waals surface area contributed by atoms with Gasteiger partial charge in [0.1, 0.15) is 11.9 Å². The van der Waals surface area contributed by atoms with Crippen LogP contribution in [-0.4, -0.2) is 30.0 Å². The van der Waals surface area contributed by atoms with E-state index in [-0.39, 0.29) is 6.10 Å². The molecule has 2 aliphatic rings. The first-order valence-electron chi connectivity index (χ1n) is 8.03. The standard InChI is InChI=1S/C17H24N2O2/c18-14-5-7-15(8-6-14)21-16-9-11-19(12-10-16)17(20)13-3-1-2-4-13/h5-8,13,16H,1-4,9-12,18H2. The highest BCUT2D eigenvalue weighted by molar-refractivity contribution is 5.79. The molecule has 1 heterocycles.